The van der Waals surface area contributed by atoms with Crippen molar-refractivity contribution >= 4 is 48.3 Å². The number of anilines is 1. The lowest BCUT2D eigenvalue weighted by Gasteiger charge is -2.29. The first-order valence-electron chi connectivity index (χ1n) is 8.26. The fourth-order valence-corrected chi connectivity index (χ4v) is 4.95. The lowest BCUT2D eigenvalue weighted by molar-refractivity contribution is 0.337. The van der Waals surface area contributed by atoms with Crippen LogP contribution in [0.3, 0.4) is 0 Å². The predicted molar refractivity (Wildman–Crippen MR) is 101 cm³/mol. The number of benzene rings is 1. The number of thiazole rings is 1. The van der Waals surface area contributed by atoms with Crippen LogP contribution in [0.15, 0.2) is 18.2 Å². The Kier molecular flexibility index (Phi) is 5.64. The van der Waals surface area contributed by atoms with Gasteiger partial charge < -0.3 is 5.32 Å². The van der Waals surface area contributed by atoms with Crippen LogP contribution >= 0.6 is 22.9 Å². The number of nitrogens with one attached hydrogen (secondary N) is 2. The molecule has 1 aliphatic carbocycles. The molecule has 2 aromatic rings. The molecule has 0 spiro atoms. The van der Waals surface area contributed by atoms with E-state index in [0.29, 0.717) is 23.5 Å². The van der Waals surface area contributed by atoms with E-state index in [0.717, 1.165) is 41.0 Å². The molecular formula is C16H22ClN3O2S2. The molecule has 1 aliphatic rings. The van der Waals surface area contributed by atoms with Crippen LogP contribution < -0.4 is 10.0 Å². The maximum atomic E-state index is 11.5. The summed E-state index contributed by atoms with van der Waals surface area (Å²) in [5.41, 5.74) is 0.856. The second kappa shape index (κ2) is 7.56. The van der Waals surface area contributed by atoms with Crippen LogP contribution in [0.25, 0.3) is 10.2 Å². The summed E-state index contributed by atoms with van der Waals surface area (Å²) in [5, 5.41) is 5.11. The van der Waals surface area contributed by atoms with Gasteiger partial charge in [0.05, 0.1) is 15.5 Å². The lowest BCUT2D eigenvalue weighted by Crippen LogP contribution is -2.34. The summed E-state index contributed by atoms with van der Waals surface area (Å²) in [6, 6.07) is 6.22. The van der Waals surface area contributed by atoms with E-state index in [4.69, 9.17) is 11.6 Å². The summed E-state index contributed by atoms with van der Waals surface area (Å²) in [6.45, 7) is 2.22. The summed E-state index contributed by atoms with van der Waals surface area (Å²) in [7, 11) is -3.09. The maximum absolute atomic E-state index is 11.5. The predicted octanol–water partition coefficient (Wildman–Crippen LogP) is 3.86. The van der Waals surface area contributed by atoms with E-state index in [9.17, 15) is 8.42 Å². The quantitative estimate of drug-likeness (QED) is 0.789. The molecule has 132 valence electrons. The minimum Gasteiger partial charge on any atom is -0.359 e. The SMILES string of the molecule is CCS(=O)(=O)NCC1CCC(Nc2nc3c(Cl)cccc3s2)CC1. The summed E-state index contributed by atoms with van der Waals surface area (Å²) in [5.74, 6) is 0.568. The number of hydrogen-bond donors (Lipinski definition) is 2. The highest BCUT2D eigenvalue weighted by Gasteiger charge is 2.23. The largest absolute Gasteiger partial charge is 0.359 e. The van der Waals surface area contributed by atoms with Crippen LogP contribution in [0.5, 0.6) is 0 Å². The zero-order chi connectivity index (χ0) is 17.2. The van der Waals surface area contributed by atoms with Crippen LogP contribution in [0, 0.1) is 5.92 Å². The van der Waals surface area contributed by atoms with Crippen molar-refractivity contribution in [2.24, 2.45) is 5.92 Å². The molecule has 1 saturated carbocycles. The third-order valence-corrected chi connectivity index (χ3v) is 7.14. The van der Waals surface area contributed by atoms with Crippen molar-refractivity contribution in [3.8, 4) is 0 Å². The molecule has 8 heteroatoms. The fraction of sp³-hybridized carbons (Fsp3) is 0.562. The number of halogens is 1. The van der Waals surface area contributed by atoms with Gasteiger partial charge in [-0.25, -0.2) is 18.1 Å². The fourth-order valence-electron chi connectivity index (χ4n) is 3.01. The number of nitrogens with zero attached hydrogens (tertiary/aromatic N) is 1. The van der Waals surface area contributed by atoms with Gasteiger partial charge in [-0.3, -0.25) is 0 Å². The molecule has 0 aliphatic heterocycles. The summed E-state index contributed by atoms with van der Waals surface area (Å²) >= 11 is 7.80. The molecule has 3 rings (SSSR count). The number of fused-ring (bicyclic) bond motifs is 1. The number of rotatable bonds is 6. The Morgan fingerprint density at radius 1 is 1.29 bits per heavy atom. The van der Waals surface area contributed by atoms with E-state index < -0.39 is 10.0 Å². The van der Waals surface area contributed by atoms with Gasteiger partial charge in [0.25, 0.3) is 0 Å². The van der Waals surface area contributed by atoms with Crippen molar-refractivity contribution < 1.29 is 8.42 Å². The Hall–Kier alpha value is -0.890. The summed E-state index contributed by atoms with van der Waals surface area (Å²) < 4.78 is 26.8. The van der Waals surface area contributed by atoms with Crippen molar-refractivity contribution in [1.29, 1.82) is 0 Å². The molecule has 0 unspecified atom stereocenters. The Morgan fingerprint density at radius 2 is 2.04 bits per heavy atom. The molecule has 0 saturated heterocycles. The molecule has 1 heterocycles. The molecule has 0 bridgehead atoms. The molecule has 0 atom stereocenters. The Bertz CT molecular complexity index is 799. The number of hydrogen-bond acceptors (Lipinski definition) is 5. The number of sulfonamides is 1. The van der Waals surface area contributed by atoms with Gasteiger partial charge in [-0.15, -0.1) is 0 Å². The molecule has 1 aromatic carbocycles. The first kappa shape index (κ1) is 17.9. The first-order valence-corrected chi connectivity index (χ1v) is 11.1. The van der Waals surface area contributed by atoms with Gasteiger partial charge in [-0.05, 0) is 50.7 Å². The third-order valence-electron chi connectivity index (χ3n) is 4.52. The standard InChI is InChI=1S/C16H22ClN3O2S2/c1-2-24(21,22)18-10-11-6-8-12(9-7-11)19-16-20-15-13(17)4-3-5-14(15)23-16/h3-5,11-12,18H,2,6-10H2,1H3,(H,19,20). The molecule has 0 radical (unpaired) electrons. The summed E-state index contributed by atoms with van der Waals surface area (Å²) in [4.78, 5) is 4.59. The molecule has 2 N–H and O–H groups in total. The minimum atomic E-state index is -3.09. The van der Waals surface area contributed by atoms with E-state index in [1.807, 2.05) is 18.2 Å². The van der Waals surface area contributed by atoms with Gasteiger partial charge >= 0.3 is 0 Å². The van der Waals surface area contributed by atoms with Crippen LogP contribution in [-0.4, -0.2) is 31.7 Å². The molecular weight excluding hydrogens is 366 g/mol. The van der Waals surface area contributed by atoms with Gasteiger partial charge in [0.1, 0.15) is 5.52 Å². The van der Waals surface area contributed by atoms with E-state index >= 15 is 0 Å². The average Bonchev–Trinajstić information content (AvgIpc) is 2.98. The van der Waals surface area contributed by atoms with Gasteiger partial charge in [0, 0.05) is 12.6 Å². The Balaban J connectivity index is 1.52. The average molecular weight is 388 g/mol. The molecule has 5 nitrogen and oxygen atoms in total. The van der Waals surface area contributed by atoms with E-state index in [-0.39, 0.29) is 5.75 Å². The van der Waals surface area contributed by atoms with E-state index in [2.05, 4.69) is 15.0 Å². The van der Waals surface area contributed by atoms with Crippen molar-refractivity contribution in [3.05, 3.63) is 23.2 Å². The number of para-hydroxylation sites is 1. The zero-order valence-corrected chi connectivity index (χ0v) is 16.0. The smallest absolute Gasteiger partial charge is 0.211 e. The van der Waals surface area contributed by atoms with Gasteiger partial charge in [-0.2, -0.15) is 0 Å². The van der Waals surface area contributed by atoms with Crippen LogP contribution in [-0.2, 0) is 10.0 Å². The lowest BCUT2D eigenvalue weighted by atomic mass is 9.86. The highest BCUT2D eigenvalue weighted by molar-refractivity contribution is 7.89. The Labute approximate surface area is 151 Å². The molecule has 24 heavy (non-hydrogen) atoms. The maximum Gasteiger partial charge on any atom is 0.211 e. The second-order valence-electron chi connectivity index (χ2n) is 6.22. The van der Waals surface area contributed by atoms with E-state index in [1.54, 1.807) is 18.3 Å². The van der Waals surface area contributed by atoms with Gasteiger partial charge in [0.2, 0.25) is 10.0 Å². The summed E-state index contributed by atoms with van der Waals surface area (Å²) in [6.07, 6.45) is 4.11. The number of aromatic nitrogens is 1. The van der Waals surface area contributed by atoms with Crippen LogP contribution in [0.2, 0.25) is 5.02 Å². The minimum absolute atomic E-state index is 0.143. The van der Waals surface area contributed by atoms with Crippen LogP contribution in [0.1, 0.15) is 32.6 Å². The topological polar surface area (TPSA) is 71.1 Å². The third kappa shape index (κ3) is 4.39. The first-order chi connectivity index (χ1) is 11.5. The molecule has 1 fully saturated rings. The van der Waals surface area contributed by atoms with Gasteiger partial charge in [0.15, 0.2) is 5.13 Å². The zero-order valence-electron chi connectivity index (χ0n) is 13.6. The Morgan fingerprint density at radius 3 is 2.71 bits per heavy atom. The monoisotopic (exact) mass is 387 g/mol. The van der Waals surface area contributed by atoms with Gasteiger partial charge in [-0.1, -0.05) is 29.0 Å². The van der Waals surface area contributed by atoms with Crippen molar-refractivity contribution in [1.82, 2.24) is 9.71 Å². The highest BCUT2D eigenvalue weighted by atomic mass is 35.5. The van der Waals surface area contributed by atoms with Crippen molar-refractivity contribution in [2.45, 2.75) is 38.6 Å². The van der Waals surface area contributed by atoms with Crippen molar-refractivity contribution in [2.75, 3.05) is 17.6 Å². The highest BCUT2D eigenvalue weighted by Crippen LogP contribution is 2.33. The molecule has 1 aromatic heterocycles. The molecule has 0 amide bonds. The van der Waals surface area contributed by atoms with E-state index in [1.165, 1.54) is 0 Å². The normalized spacial score (nSPS) is 21.9. The van der Waals surface area contributed by atoms with Crippen molar-refractivity contribution in [3.63, 3.8) is 0 Å². The second-order valence-corrected chi connectivity index (χ2v) is 9.75. The van der Waals surface area contributed by atoms with Crippen LogP contribution in [0.4, 0.5) is 5.13 Å².